The molecule has 21 nitrogen and oxygen atoms in total. The zero-order chi connectivity index (χ0) is 55.9. The van der Waals surface area contributed by atoms with Crippen molar-refractivity contribution < 1.29 is 42.6 Å². The summed E-state index contributed by atoms with van der Waals surface area (Å²) in [6.45, 7) is 5.48. The number of imidazole rings is 4. The molecule has 1 amide bonds. The van der Waals surface area contributed by atoms with Gasteiger partial charge in [-0.15, -0.1) is 0 Å². The Morgan fingerprint density at radius 3 is 1.76 bits per heavy atom. The summed E-state index contributed by atoms with van der Waals surface area (Å²) in [5.74, 6) is -1.08. The van der Waals surface area contributed by atoms with E-state index in [4.69, 9.17) is 30.2 Å². The van der Waals surface area contributed by atoms with E-state index >= 15 is 0 Å². The normalized spacial score (nSPS) is 12.8. The Hall–Kier alpha value is -8.25. The molecule has 2 aliphatic rings. The lowest BCUT2D eigenvalue weighted by Crippen LogP contribution is -2.22. The van der Waals surface area contributed by atoms with Crippen LogP contribution in [0.4, 0.5) is 8.78 Å². The van der Waals surface area contributed by atoms with Gasteiger partial charge in [-0.25, -0.2) is 33.5 Å². The Labute approximate surface area is 465 Å². The summed E-state index contributed by atoms with van der Waals surface area (Å²) >= 11 is 6.30. The molecule has 12 rings (SSSR count). The van der Waals surface area contributed by atoms with Crippen LogP contribution in [0.2, 0.25) is 0 Å². The lowest BCUT2D eigenvalue weighted by Gasteiger charge is -2.07. The van der Waals surface area contributed by atoms with Crippen LogP contribution < -0.4 is 11.1 Å². The number of hydrogen-bond donors (Lipinski definition) is 3. The number of fused-ring (bicyclic) bond motifs is 4. The number of halogens is 4. The fourth-order valence-electron chi connectivity index (χ4n) is 9.05. The number of amides is 1. The molecule has 0 unspecified atom stereocenters. The first kappa shape index (κ1) is 55.5. The Morgan fingerprint density at radius 1 is 0.747 bits per heavy atom. The summed E-state index contributed by atoms with van der Waals surface area (Å²) < 4.78 is 44.4. The van der Waals surface area contributed by atoms with Gasteiger partial charge in [-0.3, -0.25) is 19.0 Å². The Bertz CT molecular complexity index is 3900. The van der Waals surface area contributed by atoms with Crippen molar-refractivity contribution >= 4 is 78.2 Å². The molecule has 79 heavy (non-hydrogen) atoms. The number of ether oxygens (including phenoxy) is 1. The lowest BCUT2D eigenvalue weighted by atomic mass is 10.1. The molecule has 10 heterocycles. The van der Waals surface area contributed by atoms with Crippen LogP contribution in [-0.4, -0.2) is 92.8 Å². The van der Waals surface area contributed by atoms with Gasteiger partial charge in [0.15, 0.2) is 11.6 Å². The van der Waals surface area contributed by atoms with Crippen LogP contribution in [0.15, 0.2) is 108 Å². The van der Waals surface area contributed by atoms with Gasteiger partial charge in [-0.05, 0) is 118 Å². The number of aromatic nitrogens is 12. The molecule has 2 aliphatic carbocycles. The summed E-state index contributed by atoms with van der Waals surface area (Å²) in [4.78, 5) is 69.7. The number of aryl methyl sites for hydroxylation is 1. The second-order valence-electron chi connectivity index (χ2n) is 18.8. The van der Waals surface area contributed by atoms with Crippen LogP contribution in [-0.2, 0) is 58.1 Å². The molecule has 0 atom stereocenters. The molecule has 0 aromatic carbocycles. The van der Waals surface area contributed by atoms with Crippen molar-refractivity contribution in [3.8, 4) is 0 Å². The number of nitrogens with one attached hydrogen (secondary N) is 1. The number of nitrogens with two attached hydrogens (primary N) is 1. The second-order valence-corrected chi connectivity index (χ2v) is 20.5. The third-order valence-corrected chi connectivity index (χ3v) is 14.2. The molecule has 25 heteroatoms. The number of carbonyl (C=O) groups excluding carboxylic acids is 4. The predicted molar refractivity (Wildman–Crippen MR) is 288 cm³/mol. The van der Waals surface area contributed by atoms with E-state index in [0.29, 0.717) is 74.1 Å². The zero-order valence-corrected chi connectivity index (χ0v) is 45.9. The van der Waals surface area contributed by atoms with Crippen LogP contribution in [0.25, 0.3) is 22.3 Å². The van der Waals surface area contributed by atoms with Crippen molar-refractivity contribution in [3.05, 3.63) is 176 Å². The first-order valence-electron chi connectivity index (χ1n) is 25.2. The van der Waals surface area contributed by atoms with Gasteiger partial charge >= 0.3 is 18.1 Å². The highest BCUT2D eigenvalue weighted by molar-refractivity contribution is 9.10. The van der Waals surface area contributed by atoms with Gasteiger partial charge in [-0.2, -0.15) is 19.8 Å². The minimum absolute atomic E-state index is 0.101. The Morgan fingerprint density at radius 2 is 1.25 bits per heavy atom. The topological polar surface area (TPSA) is 258 Å². The van der Waals surface area contributed by atoms with Gasteiger partial charge in [-0.1, -0.05) is 19.4 Å². The molecular weight excluding hydrogens is 1150 g/mol. The van der Waals surface area contributed by atoms with Crippen LogP contribution in [0.5, 0.6) is 0 Å². The Kier molecular flexibility index (Phi) is 17.3. The van der Waals surface area contributed by atoms with Crippen molar-refractivity contribution in [1.29, 1.82) is 0 Å². The fourth-order valence-corrected chi connectivity index (χ4v) is 9.66. The number of hydrogen-bond acceptors (Lipinski definition) is 13. The molecule has 2 fully saturated rings. The molecule has 0 saturated heterocycles. The minimum Gasteiger partial charge on any atom is -0.478 e. The number of esters is 1. The third-order valence-electron chi connectivity index (χ3n) is 13.0. The second kappa shape index (κ2) is 24.6. The molecule has 4 N–H and O–H groups in total. The fraction of sp³-hybridized carbons (Fsp3) is 0.296. The maximum absolute atomic E-state index is 14.5. The minimum atomic E-state index is -1.01. The van der Waals surface area contributed by atoms with Crippen molar-refractivity contribution in [2.45, 2.75) is 96.8 Å². The number of carboxylic acid groups (broad SMARTS) is 1. The van der Waals surface area contributed by atoms with Crippen molar-refractivity contribution in [3.63, 3.8) is 0 Å². The largest absolute Gasteiger partial charge is 0.478 e. The van der Waals surface area contributed by atoms with Crippen molar-refractivity contribution in [2.24, 2.45) is 5.73 Å². The van der Waals surface area contributed by atoms with Crippen LogP contribution in [0.3, 0.4) is 0 Å². The molecule has 408 valence electrons. The van der Waals surface area contributed by atoms with E-state index in [1.807, 2.05) is 10.6 Å². The van der Waals surface area contributed by atoms with Crippen molar-refractivity contribution in [2.75, 3.05) is 6.61 Å². The summed E-state index contributed by atoms with van der Waals surface area (Å²) in [6, 6.07) is 7.61. The van der Waals surface area contributed by atoms with Gasteiger partial charge in [0, 0.05) is 61.7 Å². The zero-order valence-electron chi connectivity index (χ0n) is 42.7. The number of aromatic carboxylic acids is 1. The SMILES string of the molecule is CCCc1cc(C2CC2)cn2cc(Cn3cc(C(=O)NCc4ncn5ccc(Br)c(F)c45)cn3)nc12.CCOC(=O)Cc1cc(C2CC2)cn2cc(Cn3cc(C(=O)O)cn3)nc12.NCc1ncn2ccc(Br)c(F)c12.O=C=O. The summed E-state index contributed by atoms with van der Waals surface area (Å²) in [7, 11) is 0. The molecule has 0 radical (unpaired) electrons. The van der Waals surface area contributed by atoms with Gasteiger partial charge in [0.25, 0.3) is 5.91 Å². The standard InChI is InChI=1S/C26H25BrFN7O.C19H20N4O4.C8H7BrFN3.CO2/c1-2-3-17-8-18(16-4-5-16)11-34-13-20(32-25(17)34)14-35-12-19(9-31-35)26(36)29-10-22-24-23(28)21(27)6-7-33(24)15-30-22;1-2-27-17(24)6-13-5-14(12-3-4-12)8-22-10-16(21-18(13)22)11-23-9-15(7-20-23)19(25)26;9-5-1-2-13-4-12-6(3-11)8(13)7(5)10;2-1-3/h6-9,11-13,15-16H,2-5,10,14H2,1H3,(H,29,36);5,7-10,12H,2-4,6,11H2,1H3,(H,25,26);1-2,4H,3,11H2;. The van der Waals surface area contributed by atoms with E-state index in [0.717, 1.165) is 48.3 Å². The monoisotopic (exact) mass is 1200 g/mol. The van der Waals surface area contributed by atoms with Gasteiger partial charge in [0.2, 0.25) is 0 Å². The highest BCUT2D eigenvalue weighted by Gasteiger charge is 2.27. The highest BCUT2D eigenvalue weighted by Crippen LogP contribution is 2.41. The van der Waals surface area contributed by atoms with Gasteiger partial charge in [0.05, 0.1) is 101 Å². The third kappa shape index (κ3) is 13.0. The molecule has 0 aliphatic heterocycles. The van der Waals surface area contributed by atoms with E-state index in [-0.39, 0.29) is 48.9 Å². The molecule has 0 bridgehead atoms. The Balaban J connectivity index is 0.000000154. The van der Waals surface area contributed by atoms with Crippen LogP contribution in [0, 0.1) is 11.6 Å². The molecule has 10 aromatic heterocycles. The van der Waals surface area contributed by atoms with Crippen LogP contribution in [0.1, 0.15) is 124 Å². The molecule has 10 aromatic rings. The molecule has 0 spiro atoms. The first-order chi connectivity index (χ1) is 38.2. The number of carboxylic acids is 1. The quantitative estimate of drug-likeness (QED) is 0.0770. The number of carbonyl (C=O) groups is 3. The average molecular weight is 1210 g/mol. The summed E-state index contributed by atoms with van der Waals surface area (Å²) in [6.07, 6.45) is 28.1. The van der Waals surface area contributed by atoms with Gasteiger partial charge in [0.1, 0.15) is 22.3 Å². The predicted octanol–water partition coefficient (Wildman–Crippen LogP) is 8.26. The van der Waals surface area contributed by atoms with E-state index in [1.54, 1.807) is 57.5 Å². The molecular formula is C54H52Br2F2N14O7. The maximum atomic E-state index is 14.5. The van der Waals surface area contributed by atoms with Gasteiger partial charge < -0.3 is 38.5 Å². The number of pyridine rings is 4. The summed E-state index contributed by atoms with van der Waals surface area (Å²) in [5, 5.41) is 20.3. The smallest absolute Gasteiger partial charge is 0.373 e. The van der Waals surface area contributed by atoms with E-state index in [9.17, 15) is 23.2 Å². The first-order valence-corrected chi connectivity index (χ1v) is 26.8. The van der Waals surface area contributed by atoms with Crippen molar-refractivity contribution in [1.82, 2.24) is 62.4 Å². The van der Waals surface area contributed by atoms with E-state index < -0.39 is 11.8 Å². The van der Waals surface area contributed by atoms with Crippen LogP contribution >= 0.6 is 31.9 Å². The van der Waals surface area contributed by atoms with E-state index in [2.05, 4.69) is 104 Å². The molecule has 2 saturated carbocycles. The maximum Gasteiger partial charge on any atom is 0.373 e. The highest BCUT2D eigenvalue weighted by atomic mass is 79.9. The average Bonchev–Trinajstić information content (AvgIpc) is 4.15. The van der Waals surface area contributed by atoms with E-state index in [1.165, 1.54) is 59.1 Å². The summed E-state index contributed by atoms with van der Waals surface area (Å²) in [5.41, 5.74) is 15.8. The lowest BCUT2D eigenvalue weighted by molar-refractivity contribution is -0.191. The number of nitrogens with zero attached hydrogens (tertiary/aromatic N) is 12. The number of rotatable bonds is 16.